The summed E-state index contributed by atoms with van der Waals surface area (Å²) in [4.78, 5) is 25.7. The Bertz CT molecular complexity index is 820. The van der Waals surface area contributed by atoms with Crippen LogP contribution in [0.25, 0.3) is 11.0 Å². The zero-order valence-electron chi connectivity index (χ0n) is 10.2. The molecule has 0 spiro atoms. The maximum atomic E-state index is 11.8. The van der Waals surface area contributed by atoms with Gasteiger partial charge in [-0.05, 0) is 12.1 Å². The van der Waals surface area contributed by atoms with Crippen molar-refractivity contribution >= 4 is 21.1 Å². The van der Waals surface area contributed by atoms with E-state index in [4.69, 9.17) is 0 Å². The van der Waals surface area contributed by atoms with Crippen molar-refractivity contribution < 1.29 is 8.42 Å². The molecule has 2 N–H and O–H groups in total. The number of fused-ring (bicyclic) bond motifs is 1. The highest BCUT2D eigenvalue weighted by Crippen LogP contribution is 2.06. The third kappa shape index (κ3) is 3.09. The fraction of sp³-hybridized carbons (Fsp3) is 0.273. The van der Waals surface area contributed by atoms with E-state index in [0.29, 0.717) is 11.0 Å². The standard InChI is InChI=1S/C11H13N3O4S/c1-19(17,18)12-6-7-14-9-5-3-2-4-8(9)13-10(15)11(14)16/h2-5,12H,6-7H2,1H3,(H,13,15). The number of para-hydroxylation sites is 2. The number of sulfonamides is 1. The fourth-order valence-electron chi connectivity index (χ4n) is 1.79. The first-order valence-corrected chi connectivity index (χ1v) is 7.44. The Morgan fingerprint density at radius 1 is 1.26 bits per heavy atom. The summed E-state index contributed by atoms with van der Waals surface area (Å²) in [5.41, 5.74) is -0.332. The lowest BCUT2D eigenvalue weighted by molar-refractivity contribution is 0.578. The lowest BCUT2D eigenvalue weighted by atomic mass is 10.3. The largest absolute Gasteiger partial charge is 0.316 e. The van der Waals surface area contributed by atoms with Crippen LogP contribution in [0.5, 0.6) is 0 Å². The summed E-state index contributed by atoms with van der Waals surface area (Å²) in [6.07, 6.45) is 1.03. The van der Waals surface area contributed by atoms with E-state index in [9.17, 15) is 18.0 Å². The van der Waals surface area contributed by atoms with Gasteiger partial charge in [0.1, 0.15) is 0 Å². The average Bonchev–Trinajstić information content (AvgIpc) is 2.32. The van der Waals surface area contributed by atoms with E-state index in [0.717, 1.165) is 6.26 Å². The predicted molar refractivity (Wildman–Crippen MR) is 71.7 cm³/mol. The van der Waals surface area contributed by atoms with Gasteiger partial charge in [-0.1, -0.05) is 12.1 Å². The zero-order valence-corrected chi connectivity index (χ0v) is 11.0. The molecule has 1 aromatic carbocycles. The Morgan fingerprint density at radius 3 is 2.63 bits per heavy atom. The molecule has 0 unspecified atom stereocenters. The number of aromatic amines is 1. The first kappa shape index (κ1) is 13.5. The first-order chi connectivity index (χ1) is 8.88. The molecule has 2 rings (SSSR count). The summed E-state index contributed by atoms with van der Waals surface area (Å²) >= 11 is 0. The van der Waals surface area contributed by atoms with Crippen LogP contribution in [0, 0.1) is 0 Å². The van der Waals surface area contributed by atoms with Crippen molar-refractivity contribution in [3.63, 3.8) is 0 Å². The van der Waals surface area contributed by atoms with Gasteiger partial charge in [0.2, 0.25) is 10.0 Å². The number of nitrogens with one attached hydrogen (secondary N) is 2. The van der Waals surface area contributed by atoms with Crippen LogP contribution in [0.4, 0.5) is 0 Å². The lowest BCUT2D eigenvalue weighted by Crippen LogP contribution is -2.38. The number of nitrogens with zero attached hydrogens (tertiary/aromatic N) is 1. The zero-order chi connectivity index (χ0) is 14.0. The summed E-state index contributed by atoms with van der Waals surface area (Å²) in [7, 11) is -3.32. The summed E-state index contributed by atoms with van der Waals surface area (Å²) in [5, 5.41) is 0. The molecule has 0 aliphatic rings. The molecule has 102 valence electrons. The minimum atomic E-state index is -3.32. The smallest absolute Gasteiger partial charge is 0.316 e. The van der Waals surface area contributed by atoms with E-state index >= 15 is 0 Å². The molecule has 0 amide bonds. The molecule has 2 aromatic rings. The summed E-state index contributed by atoms with van der Waals surface area (Å²) in [6, 6.07) is 6.84. The van der Waals surface area contributed by atoms with Gasteiger partial charge in [-0.2, -0.15) is 0 Å². The predicted octanol–water partition coefficient (Wildman–Crippen LogP) is -0.761. The van der Waals surface area contributed by atoms with Gasteiger partial charge in [0, 0.05) is 13.1 Å². The molecule has 19 heavy (non-hydrogen) atoms. The van der Waals surface area contributed by atoms with Crippen molar-refractivity contribution in [2.45, 2.75) is 6.54 Å². The van der Waals surface area contributed by atoms with E-state index in [2.05, 4.69) is 9.71 Å². The molecule has 0 bridgehead atoms. The highest BCUT2D eigenvalue weighted by atomic mass is 32.2. The Morgan fingerprint density at radius 2 is 1.95 bits per heavy atom. The molecule has 0 aliphatic heterocycles. The monoisotopic (exact) mass is 283 g/mol. The fourth-order valence-corrected chi connectivity index (χ4v) is 2.25. The number of hydrogen-bond donors (Lipinski definition) is 2. The third-order valence-electron chi connectivity index (χ3n) is 2.58. The Kier molecular flexibility index (Phi) is 3.54. The highest BCUT2D eigenvalue weighted by molar-refractivity contribution is 7.88. The van der Waals surface area contributed by atoms with Crippen molar-refractivity contribution in [1.29, 1.82) is 0 Å². The lowest BCUT2D eigenvalue weighted by Gasteiger charge is -2.09. The first-order valence-electron chi connectivity index (χ1n) is 5.55. The van der Waals surface area contributed by atoms with Gasteiger partial charge in [-0.25, -0.2) is 13.1 Å². The second-order valence-corrected chi connectivity index (χ2v) is 5.93. The summed E-state index contributed by atoms with van der Waals surface area (Å²) in [5.74, 6) is 0. The van der Waals surface area contributed by atoms with Crippen LogP contribution < -0.4 is 15.8 Å². The van der Waals surface area contributed by atoms with E-state index in [1.54, 1.807) is 24.3 Å². The van der Waals surface area contributed by atoms with Crippen LogP contribution in [0.15, 0.2) is 33.9 Å². The molecule has 0 saturated carbocycles. The minimum absolute atomic E-state index is 0.0478. The number of hydrogen-bond acceptors (Lipinski definition) is 4. The third-order valence-corrected chi connectivity index (χ3v) is 3.31. The molecule has 0 fully saturated rings. The summed E-state index contributed by atoms with van der Waals surface area (Å²) < 4.78 is 25.5. The SMILES string of the molecule is CS(=O)(=O)NCCn1c(=O)c(=O)[nH]c2ccccc21. The van der Waals surface area contributed by atoms with Gasteiger partial charge in [0.15, 0.2) is 0 Å². The van der Waals surface area contributed by atoms with E-state index in [1.165, 1.54) is 4.57 Å². The van der Waals surface area contributed by atoms with Gasteiger partial charge in [0.25, 0.3) is 0 Å². The topological polar surface area (TPSA) is 101 Å². The van der Waals surface area contributed by atoms with Crippen molar-refractivity contribution in [3.8, 4) is 0 Å². The minimum Gasteiger partial charge on any atom is -0.316 e. The Hall–Kier alpha value is -1.93. The maximum Gasteiger partial charge on any atom is 0.316 e. The highest BCUT2D eigenvalue weighted by Gasteiger charge is 2.07. The molecular formula is C11H13N3O4S. The van der Waals surface area contributed by atoms with Gasteiger partial charge in [0.05, 0.1) is 17.3 Å². The van der Waals surface area contributed by atoms with Gasteiger partial charge in [-0.15, -0.1) is 0 Å². The van der Waals surface area contributed by atoms with Gasteiger partial charge < -0.3 is 9.55 Å². The van der Waals surface area contributed by atoms with Crippen LogP contribution in [-0.4, -0.2) is 30.8 Å². The van der Waals surface area contributed by atoms with Gasteiger partial charge >= 0.3 is 11.1 Å². The van der Waals surface area contributed by atoms with Crippen LogP contribution in [0.3, 0.4) is 0 Å². The molecule has 0 atom stereocenters. The van der Waals surface area contributed by atoms with Crippen molar-refractivity contribution in [2.24, 2.45) is 0 Å². The molecule has 0 radical (unpaired) electrons. The van der Waals surface area contributed by atoms with Crippen molar-refractivity contribution in [2.75, 3.05) is 12.8 Å². The van der Waals surface area contributed by atoms with Crippen LogP contribution in [-0.2, 0) is 16.6 Å². The molecular weight excluding hydrogens is 270 g/mol. The molecule has 7 nitrogen and oxygen atoms in total. The van der Waals surface area contributed by atoms with Gasteiger partial charge in [-0.3, -0.25) is 9.59 Å². The molecule has 8 heteroatoms. The van der Waals surface area contributed by atoms with E-state index < -0.39 is 21.1 Å². The Labute approximate surface area is 108 Å². The number of benzene rings is 1. The normalized spacial score (nSPS) is 11.8. The molecule has 1 heterocycles. The molecule has 0 saturated heterocycles. The second-order valence-electron chi connectivity index (χ2n) is 4.09. The van der Waals surface area contributed by atoms with Crippen molar-refractivity contribution in [3.05, 3.63) is 45.0 Å². The molecule has 1 aromatic heterocycles. The van der Waals surface area contributed by atoms with Crippen molar-refractivity contribution in [1.82, 2.24) is 14.3 Å². The maximum absolute atomic E-state index is 11.8. The van der Waals surface area contributed by atoms with Crippen LogP contribution >= 0.6 is 0 Å². The quantitative estimate of drug-likeness (QED) is 0.720. The Balaban J connectivity index is 2.44. The number of aromatic nitrogens is 2. The number of rotatable bonds is 4. The summed E-state index contributed by atoms with van der Waals surface area (Å²) in [6.45, 7) is 0.141. The van der Waals surface area contributed by atoms with E-state index in [-0.39, 0.29) is 13.1 Å². The second kappa shape index (κ2) is 4.98. The number of H-pyrrole nitrogens is 1. The van der Waals surface area contributed by atoms with Crippen LogP contribution in [0.2, 0.25) is 0 Å². The molecule has 0 aliphatic carbocycles. The van der Waals surface area contributed by atoms with E-state index in [1.807, 2.05) is 0 Å². The van der Waals surface area contributed by atoms with Crippen LogP contribution in [0.1, 0.15) is 0 Å². The average molecular weight is 283 g/mol.